The van der Waals surface area contributed by atoms with Crippen LogP contribution in [0, 0.1) is 0 Å². The van der Waals surface area contributed by atoms with Gasteiger partial charge in [0.2, 0.25) is 0 Å². The third-order valence-electron chi connectivity index (χ3n) is 3.23. The SMILES string of the molecule is CO.NC(CF)Cc1ccc(C2CCS(=O)C2)cc1. The Labute approximate surface area is 116 Å². The van der Waals surface area contributed by atoms with Crippen molar-refractivity contribution in [2.24, 2.45) is 5.73 Å². The highest BCUT2D eigenvalue weighted by molar-refractivity contribution is 7.85. The van der Waals surface area contributed by atoms with Gasteiger partial charge in [-0.15, -0.1) is 0 Å². The lowest BCUT2D eigenvalue weighted by Crippen LogP contribution is -2.24. The highest BCUT2D eigenvalue weighted by atomic mass is 32.2. The Balaban J connectivity index is 0.000000861. The maximum Gasteiger partial charge on any atom is 0.105 e. The zero-order chi connectivity index (χ0) is 14.3. The van der Waals surface area contributed by atoms with Crippen molar-refractivity contribution in [1.82, 2.24) is 0 Å². The average Bonchev–Trinajstić information content (AvgIpc) is 2.88. The topological polar surface area (TPSA) is 63.3 Å². The third kappa shape index (κ3) is 5.01. The zero-order valence-electron chi connectivity index (χ0n) is 11.2. The maximum absolute atomic E-state index is 12.3. The van der Waals surface area contributed by atoms with Gasteiger partial charge in [-0.3, -0.25) is 4.21 Å². The minimum absolute atomic E-state index is 0.403. The number of hydrogen-bond acceptors (Lipinski definition) is 3. The number of nitrogens with two attached hydrogens (primary N) is 1. The van der Waals surface area contributed by atoms with Gasteiger partial charge >= 0.3 is 0 Å². The summed E-state index contributed by atoms with van der Waals surface area (Å²) in [5, 5.41) is 7.00. The molecule has 3 N–H and O–H groups in total. The number of benzene rings is 1. The fourth-order valence-electron chi connectivity index (χ4n) is 2.21. The summed E-state index contributed by atoms with van der Waals surface area (Å²) in [7, 11) is 0.361. The number of hydrogen-bond donors (Lipinski definition) is 2. The minimum atomic E-state index is -0.639. The molecule has 3 unspecified atom stereocenters. The standard InChI is InChI=1S/C13H18FNOS.CH4O/c14-8-13(15)7-10-1-3-11(4-2-10)12-5-6-17(16)9-12;1-2/h1-4,12-13H,5-9,15H2;2H,1H3. The van der Waals surface area contributed by atoms with Crippen molar-refractivity contribution >= 4 is 10.8 Å². The number of aliphatic hydroxyl groups is 1. The molecule has 5 heteroatoms. The lowest BCUT2D eigenvalue weighted by Gasteiger charge is -2.11. The van der Waals surface area contributed by atoms with E-state index in [0.29, 0.717) is 12.3 Å². The van der Waals surface area contributed by atoms with E-state index in [-0.39, 0.29) is 0 Å². The first-order valence-corrected chi connectivity index (χ1v) is 7.88. The molecule has 0 saturated carbocycles. The summed E-state index contributed by atoms with van der Waals surface area (Å²) in [6, 6.07) is 7.74. The van der Waals surface area contributed by atoms with E-state index in [2.05, 4.69) is 12.1 Å². The molecule has 3 atom stereocenters. The summed E-state index contributed by atoms with van der Waals surface area (Å²) in [6.07, 6.45) is 1.59. The Kier molecular flexibility index (Phi) is 7.20. The van der Waals surface area contributed by atoms with Crippen LogP contribution in [0.15, 0.2) is 24.3 Å². The third-order valence-corrected chi connectivity index (χ3v) is 4.69. The van der Waals surface area contributed by atoms with E-state index >= 15 is 0 Å². The zero-order valence-corrected chi connectivity index (χ0v) is 12.0. The van der Waals surface area contributed by atoms with Gasteiger partial charge in [0, 0.05) is 35.5 Å². The van der Waals surface area contributed by atoms with E-state index in [0.717, 1.165) is 30.6 Å². The maximum atomic E-state index is 12.3. The lowest BCUT2D eigenvalue weighted by atomic mass is 9.96. The van der Waals surface area contributed by atoms with Crippen molar-refractivity contribution in [1.29, 1.82) is 0 Å². The molecule has 1 aromatic rings. The molecule has 1 saturated heterocycles. The molecule has 0 spiro atoms. The molecule has 1 fully saturated rings. The van der Waals surface area contributed by atoms with E-state index in [1.807, 2.05) is 12.1 Å². The van der Waals surface area contributed by atoms with Crippen molar-refractivity contribution < 1.29 is 13.7 Å². The summed E-state index contributed by atoms with van der Waals surface area (Å²) >= 11 is 0. The first-order valence-electron chi connectivity index (χ1n) is 6.39. The van der Waals surface area contributed by atoms with Crippen LogP contribution in [0.2, 0.25) is 0 Å². The molecule has 1 aliphatic heterocycles. The summed E-state index contributed by atoms with van der Waals surface area (Å²) in [5.74, 6) is 2.03. The molecule has 1 heterocycles. The van der Waals surface area contributed by atoms with Gasteiger partial charge in [0.25, 0.3) is 0 Å². The Morgan fingerprint density at radius 1 is 1.42 bits per heavy atom. The van der Waals surface area contributed by atoms with Crippen LogP contribution in [0.4, 0.5) is 4.39 Å². The van der Waals surface area contributed by atoms with Crippen LogP contribution < -0.4 is 5.73 Å². The Hall–Kier alpha value is -0.780. The van der Waals surface area contributed by atoms with Crippen LogP contribution in [0.5, 0.6) is 0 Å². The lowest BCUT2D eigenvalue weighted by molar-refractivity contribution is 0.399. The number of alkyl halides is 1. The monoisotopic (exact) mass is 287 g/mol. The van der Waals surface area contributed by atoms with Gasteiger partial charge in [0.15, 0.2) is 0 Å². The van der Waals surface area contributed by atoms with Gasteiger partial charge in [-0.2, -0.15) is 0 Å². The number of halogens is 1. The summed E-state index contributed by atoms with van der Waals surface area (Å²) in [5.41, 5.74) is 7.88. The fraction of sp³-hybridized carbons (Fsp3) is 0.571. The molecule has 1 aliphatic rings. The smallest absolute Gasteiger partial charge is 0.105 e. The Morgan fingerprint density at radius 2 is 2.05 bits per heavy atom. The van der Waals surface area contributed by atoms with Crippen LogP contribution >= 0.6 is 0 Å². The average molecular weight is 287 g/mol. The summed E-state index contributed by atoms with van der Waals surface area (Å²) in [4.78, 5) is 0. The molecule has 19 heavy (non-hydrogen) atoms. The van der Waals surface area contributed by atoms with E-state index < -0.39 is 23.5 Å². The molecular formula is C14H22FNO2S. The van der Waals surface area contributed by atoms with Gasteiger partial charge in [-0.1, -0.05) is 24.3 Å². The molecule has 1 aromatic carbocycles. The second-order valence-electron chi connectivity index (χ2n) is 4.66. The van der Waals surface area contributed by atoms with Gasteiger partial charge in [0.05, 0.1) is 0 Å². The van der Waals surface area contributed by atoms with Crippen molar-refractivity contribution in [3.8, 4) is 0 Å². The Morgan fingerprint density at radius 3 is 2.53 bits per heavy atom. The highest BCUT2D eigenvalue weighted by Gasteiger charge is 2.22. The van der Waals surface area contributed by atoms with Gasteiger partial charge in [-0.05, 0) is 29.9 Å². The molecule has 0 bridgehead atoms. The summed E-state index contributed by atoms with van der Waals surface area (Å²) in [6.45, 7) is -0.483. The molecule has 2 rings (SSSR count). The quantitative estimate of drug-likeness (QED) is 0.879. The molecule has 3 nitrogen and oxygen atoms in total. The predicted molar refractivity (Wildman–Crippen MR) is 77.5 cm³/mol. The first kappa shape index (κ1) is 16.3. The van der Waals surface area contributed by atoms with E-state index in [4.69, 9.17) is 10.8 Å². The molecular weight excluding hydrogens is 265 g/mol. The van der Waals surface area contributed by atoms with Gasteiger partial charge < -0.3 is 10.8 Å². The van der Waals surface area contributed by atoms with Crippen molar-refractivity contribution in [3.05, 3.63) is 35.4 Å². The number of aliphatic hydroxyl groups excluding tert-OH is 1. The summed E-state index contributed by atoms with van der Waals surface area (Å²) < 4.78 is 23.6. The molecule has 0 aliphatic carbocycles. The Bertz CT molecular complexity index is 397. The van der Waals surface area contributed by atoms with Gasteiger partial charge in [0.1, 0.15) is 6.67 Å². The van der Waals surface area contributed by atoms with Crippen LogP contribution in [-0.2, 0) is 17.2 Å². The van der Waals surface area contributed by atoms with Crippen LogP contribution in [-0.4, -0.2) is 40.6 Å². The predicted octanol–water partition coefficient (Wildman–Crippen LogP) is 1.37. The normalized spacial score (nSPS) is 23.6. The second kappa shape index (κ2) is 8.40. The fourth-order valence-corrected chi connectivity index (χ4v) is 3.73. The van der Waals surface area contributed by atoms with E-state index in [9.17, 15) is 8.60 Å². The largest absolute Gasteiger partial charge is 0.400 e. The van der Waals surface area contributed by atoms with Crippen LogP contribution in [0.25, 0.3) is 0 Å². The number of rotatable bonds is 4. The van der Waals surface area contributed by atoms with Crippen molar-refractivity contribution in [3.63, 3.8) is 0 Å². The molecule has 0 amide bonds. The van der Waals surface area contributed by atoms with E-state index in [1.165, 1.54) is 5.56 Å². The van der Waals surface area contributed by atoms with E-state index in [1.54, 1.807) is 0 Å². The van der Waals surface area contributed by atoms with Crippen LogP contribution in [0.1, 0.15) is 23.5 Å². The molecule has 0 radical (unpaired) electrons. The van der Waals surface area contributed by atoms with Crippen molar-refractivity contribution in [2.75, 3.05) is 25.3 Å². The minimum Gasteiger partial charge on any atom is -0.400 e. The highest BCUT2D eigenvalue weighted by Crippen LogP contribution is 2.27. The molecule has 0 aromatic heterocycles. The van der Waals surface area contributed by atoms with Crippen LogP contribution in [0.3, 0.4) is 0 Å². The second-order valence-corrected chi connectivity index (χ2v) is 6.28. The van der Waals surface area contributed by atoms with Gasteiger partial charge in [-0.25, -0.2) is 4.39 Å². The molecule has 108 valence electrons. The van der Waals surface area contributed by atoms with Crippen molar-refractivity contribution in [2.45, 2.75) is 24.8 Å². The first-order chi connectivity index (χ1) is 9.19.